The van der Waals surface area contributed by atoms with Gasteiger partial charge in [-0.2, -0.15) is 0 Å². The van der Waals surface area contributed by atoms with E-state index >= 15 is 0 Å². The molecule has 0 bridgehead atoms. The third-order valence-corrected chi connectivity index (χ3v) is 6.90. The first kappa shape index (κ1) is 30.6. The van der Waals surface area contributed by atoms with Crippen molar-refractivity contribution >= 4 is 46.7 Å². The van der Waals surface area contributed by atoms with Gasteiger partial charge in [-0.1, -0.05) is 49.2 Å². The number of alkyl halides is 1. The molecule has 0 fully saturated rings. The lowest BCUT2D eigenvalue weighted by Gasteiger charge is -2.27. The van der Waals surface area contributed by atoms with E-state index in [9.17, 15) is 9.59 Å². The van der Waals surface area contributed by atoms with Gasteiger partial charge in [0.1, 0.15) is 30.8 Å². The molecule has 0 saturated heterocycles. The molecule has 0 amide bonds. The highest BCUT2D eigenvalue weighted by molar-refractivity contribution is 6.32. The molecule has 1 heterocycles. The number of ether oxygens (including phenoxy) is 4. The maximum absolute atomic E-state index is 11.5. The minimum atomic E-state index is -0.575. The predicted octanol–water partition coefficient (Wildman–Crippen LogP) is 6.08. The lowest BCUT2D eigenvalue weighted by Crippen LogP contribution is -2.28. The quantitative estimate of drug-likeness (QED) is 0.174. The van der Waals surface area contributed by atoms with Crippen molar-refractivity contribution < 1.29 is 28.5 Å². The van der Waals surface area contributed by atoms with Crippen molar-refractivity contribution in [3.8, 4) is 11.5 Å². The number of rotatable bonds is 13. The highest BCUT2D eigenvalue weighted by Gasteiger charge is 2.26. The molecule has 0 saturated carbocycles. The molecule has 0 N–H and O–H groups in total. The number of aromatic nitrogens is 2. The van der Waals surface area contributed by atoms with Crippen LogP contribution >= 0.6 is 34.8 Å². The highest BCUT2D eigenvalue weighted by atomic mass is 35.5. The number of hydrogen-bond acceptors (Lipinski definition) is 7. The van der Waals surface area contributed by atoms with Gasteiger partial charge in [0.25, 0.3) is 0 Å². The van der Waals surface area contributed by atoms with E-state index in [0.717, 1.165) is 11.1 Å². The Labute approximate surface area is 243 Å². The molecule has 0 aliphatic carbocycles. The van der Waals surface area contributed by atoms with Gasteiger partial charge < -0.3 is 23.5 Å². The monoisotopic (exact) mass is 596 g/mol. The van der Waals surface area contributed by atoms with Crippen LogP contribution in [-0.4, -0.2) is 52.8 Å². The van der Waals surface area contributed by atoms with E-state index in [2.05, 4.69) is 18.8 Å². The summed E-state index contributed by atoms with van der Waals surface area (Å²) in [5.41, 5.74) is 1.42. The molecular formula is C28H31Cl3N2O6. The standard InChI is InChI=1S/C28H31Cl3N2O6/c1-18(34)38-22(13-29)15-36-26-7-5-20(11-24(26)30)28(3,4)21-6-8-27(25(31)12-21)37-16-23(39-19(2)35)14-33-10-9-32-17-33/h5-12,17,22-23H,13-16H2,1-4H3. The van der Waals surface area contributed by atoms with Gasteiger partial charge in [-0.05, 0) is 35.4 Å². The largest absolute Gasteiger partial charge is 0.488 e. The zero-order valence-electron chi connectivity index (χ0n) is 22.2. The summed E-state index contributed by atoms with van der Waals surface area (Å²) < 4.78 is 23.9. The van der Waals surface area contributed by atoms with Crippen molar-refractivity contribution in [2.75, 3.05) is 19.1 Å². The van der Waals surface area contributed by atoms with Gasteiger partial charge in [-0.15, -0.1) is 11.6 Å². The third-order valence-electron chi connectivity index (χ3n) is 5.97. The summed E-state index contributed by atoms with van der Waals surface area (Å²) in [6.45, 7) is 7.39. The van der Waals surface area contributed by atoms with Gasteiger partial charge in [0.2, 0.25) is 0 Å². The number of nitrogens with zero attached hydrogens (tertiary/aromatic N) is 2. The Morgan fingerprint density at radius 2 is 1.41 bits per heavy atom. The smallest absolute Gasteiger partial charge is 0.303 e. The van der Waals surface area contributed by atoms with Crippen LogP contribution in [0.5, 0.6) is 11.5 Å². The molecule has 0 spiro atoms. The Hall–Kier alpha value is -2.94. The summed E-state index contributed by atoms with van der Waals surface area (Å²) >= 11 is 19.0. The number of benzene rings is 2. The van der Waals surface area contributed by atoms with Crippen LogP contribution in [0.3, 0.4) is 0 Å². The fourth-order valence-electron chi connectivity index (χ4n) is 3.88. The van der Waals surface area contributed by atoms with Gasteiger partial charge >= 0.3 is 11.9 Å². The van der Waals surface area contributed by atoms with Crippen molar-refractivity contribution in [2.24, 2.45) is 0 Å². The molecule has 0 aliphatic heterocycles. The lowest BCUT2D eigenvalue weighted by molar-refractivity contribution is -0.148. The number of halogens is 3. The van der Waals surface area contributed by atoms with Crippen LogP contribution in [-0.2, 0) is 31.0 Å². The van der Waals surface area contributed by atoms with Crippen LogP contribution < -0.4 is 9.47 Å². The average Bonchev–Trinajstić information content (AvgIpc) is 3.38. The predicted molar refractivity (Wildman–Crippen MR) is 150 cm³/mol. The summed E-state index contributed by atoms with van der Waals surface area (Å²) in [7, 11) is 0. The van der Waals surface area contributed by atoms with E-state index in [1.165, 1.54) is 13.8 Å². The first-order chi connectivity index (χ1) is 18.5. The van der Waals surface area contributed by atoms with Crippen molar-refractivity contribution in [3.63, 3.8) is 0 Å². The average molecular weight is 598 g/mol. The summed E-state index contributed by atoms with van der Waals surface area (Å²) in [6.07, 6.45) is 3.99. The molecule has 3 rings (SSSR count). The number of carbonyl (C=O) groups is 2. The fraction of sp³-hybridized carbons (Fsp3) is 0.393. The Morgan fingerprint density at radius 1 is 0.897 bits per heavy atom. The topological polar surface area (TPSA) is 88.9 Å². The second-order valence-corrected chi connectivity index (χ2v) is 10.5. The van der Waals surface area contributed by atoms with Crippen LogP contribution in [0.25, 0.3) is 0 Å². The molecule has 0 aliphatic rings. The lowest BCUT2D eigenvalue weighted by atomic mass is 9.78. The van der Waals surface area contributed by atoms with Gasteiger partial charge in [-0.25, -0.2) is 4.98 Å². The number of imidazole rings is 1. The Morgan fingerprint density at radius 3 is 1.85 bits per heavy atom. The zero-order chi connectivity index (χ0) is 28.6. The highest BCUT2D eigenvalue weighted by Crippen LogP contribution is 2.38. The second kappa shape index (κ2) is 13.9. The molecule has 2 atom stereocenters. The van der Waals surface area contributed by atoms with Crippen LogP contribution in [0.2, 0.25) is 10.0 Å². The molecule has 3 aromatic rings. The van der Waals surface area contributed by atoms with E-state index in [4.69, 9.17) is 53.8 Å². The van der Waals surface area contributed by atoms with E-state index in [-0.39, 0.29) is 19.1 Å². The van der Waals surface area contributed by atoms with Gasteiger partial charge in [-0.3, -0.25) is 9.59 Å². The van der Waals surface area contributed by atoms with Crippen LogP contribution in [0.15, 0.2) is 55.1 Å². The first-order valence-corrected chi connectivity index (χ1v) is 13.5. The third kappa shape index (κ3) is 8.78. The summed E-state index contributed by atoms with van der Waals surface area (Å²) in [4.78, 5) is 26.7. The molecule has 1 aromatic heterocycles. The van der Waals surface area contributed by atoms with Gasteiger partial charge in [0.15, 0.2) is 6.10 Å². The Kier molecular flexibility index (Phi) is 10.9. The van der Waals surface area contributed by atoms with Crippen molar-refractivity contribution in [3.05, 3.63) is 76.3 Å². The molecule has 2 unspecified atom stereocenters. The molecule has 39 heavy (non-hydrogen) atoms. The van der Waals surface area contributed by atoms with E-state index in [0.29, 0.717) is 28.1 Å². The van der Waals surface area contributed by atoms with Crippen LogP contribution in [0.4, 0.5) is 0 Å². The molecule has 11 heteroatoms. The Balaban J connectivity index is 1.69. The second-order valence-electron chi connectivity index (χ2n) is 9.41. The molecule has 0 radical (unpaired) electrons. The van der Waals surface area contributed by atoms with Crippen molar-refractivity contribution in [2.45, 2.75) is 51.9 Å². The number of carbonyl (C=O) groups excluding carboxylic acids is 2. The van der Waals surface area contributed by atoms with Crippen LogP contribution in [0.1, 0.15) is 38.8 Å². The van der Waals surface area contributed by atoms with E-state index in [1.807, 2.05) is 28.8 Å². The van der Waals surface area contributed by atoms with Crippen molar-refractivity contribution in [1.82, 2.24) is 9.55 Å². The summed E-state index contributed by atoms with van der Waals surface area (Å²) in [6, 6.07) is 11.1. The molecular weight excluding hydrogens is 567 g/mol. The minimum Gasteiger partial charge on any atom is -0.488 e. The number of esters is 2. The maximum Gasteiger partial charge on any atom is 0.303 e. The fourth-order valence-corrected chi connectivity index (χ4v) is 4.50. The van der Waals surface area contributed by atoms with E-state index in [1.54, 1.807) is 30.9 Å². The van der Waals surface area contributed by atoms with Gasteiger partial charge in [0, 0.05) is 31.7 Å². The first-order valence-electron chi connectivity index (χ1n) is 12.2. The maximum atomic E-state index is 11.5. The Bertz CT molecular complexity index is 1270. The number of hydrogen-bond donors (Lipinski definition) is 0. The zero-order valence-corrected chi connectivity index (χ0v) is 24.4. The summed E-state index contributed by atoms with van der Waals surface area (Å²) in [5.74, 6) is 0.213. The molecule has 2 aromatic carbocycles. The van der Waals surface area contributed by atoms with E-state index < -0.39 is 29.6 Å². The van der Waals surface area contributed by atoms with Crippen LogP contribution in [0, 0.1) is 0 Å². The summed E-state index contributed by atoms with van der Waals surface area (Å²) in [5, 5.41) is 0.839. The molecule has 210 valence electrons. The molecule has 8 nitrogen and oxygen atoms in total. The normalized spacial score (nSPS) is 12.9. The van der Waals surface area contributed by atoms with Gasteiger partial charge in [0.05, 0.1) is 28.8 Å². The van der Waals surface area contributed by atoms with Crippen molar-refractivity contribution in [1.29, 1.82) is 0 Å². The SMILES string of the molecule is CC(=O)OC(CCl)COc1ccc(C(C)(C)c2ccc(OCC(Cn3ccnc3)OC(C)=O)c(Cl)c2)cc1Cl. The minimum absolute atomic E-state index is 0.0866.